The highest BCUT2D eigenvalue weighted by atomic mass is 16.1. The minimum Gasteiger partial charge on any atom is -0.288 e. The highest BCUT2D eigenvalue weighted by Crippen LogP contribution is 2.07. The van der Waals surface area contributed by atoms with Crippen molar-refractivity contribution in [2.24, 2.45) is 0 Å². The van der Waals surface area contributed by atoms with Gasteiger partial charge in [0.25, 0.3) is 0 Å². The van der Waals surface area contributed by atoms with E-state index in [1.165, 1.54) is 4.90 Å². The monoisotopic (exact) mass is 177 g/mol. The van der Waals surface area contributed by atoms with Crippen LogP contribution in [-0.2, 0) is 4.79 Å². The third-order valence-corrected chi connectivity index (χ3v) is 1.77. The van der Waals surface area contributed by atoms with E-state index in [2.05, 4.69) is 11.9 Å². The molecule has 1 aromatic heterocycles. The summed E-state index contributed by atoms with van der Waals surface area (Å²) in [5.74, 6) is 0.672. The molecule has 3 nitrogen and oxygen atoms in total. The van der Waals surface area contributed by atoms with Crippen molar-refractivity contribution in [2.75, 3.05) is 11.4 Å². The number of aromatic nitrogens is 1. The first kappa shape index (κ1) is 9.71. The van der Waals surface area contributed by atoms with Crippen molar-refractivity contribution in [3.8, 4) is 0 Å². The fourth-order valence-corrected chi connectivity index (χ4v) is 1.04. The number of anilines is 1. The molecule has 1 radical (unpaired) electrons. The Balaban J connectivity index is 2.61. The van der Waals surface area contributed by atoms with E-state index < -0.39 is 0 Å². The molecule has 69 valence electrons. The summed E-state index contributed by atoms with van der Waals surface area (Å²) < 4.78 is 0. The molecule has 1 amide bonds. The molecule has 0 saturated carbocycles. The Bertz CT molecular complexity index is 248. The number of nitrogens with zero attached hydrogens (tertiary/aromatic N) is 2. The van der Waals surface area contributed by atoms with E-state index >= 15 is 0 Å². The maximum absolute atomic E-state index is 10.6. The third kappa shape index (κ3) is 2.86. The van der Waals surface area contributed by atoms with E-state index in [4.69, 9.17) is 0 Å². The SMILES string of the molecule is CCCCN([C]=O)c1ccccn1. The molecule has 0 saturated heterocycles. The highest BCUT2D eigenvalue weighted by Gasteiger charge is 2.04. The fourth-order valence-electron chi connectivity index (χ4n) is 1.04. The standard InChI is InChI=1S/C10H13N2O/c1-2-3-8-12(9-13)10-6-4-5-7-11-10/h4-7H,2-3,8H2,1H3. The van der Waals surface area contributed by atoms with Gasteiger partial charge in [-0.1, -0.05) is 19.4 Å². The lowest BCUT2D eigenvalue weighted by Crippen LogP contribution is -2.22. The van der Waals surface area contributed by atoms with Gasteiger partial charge in [-0.2, -0.15) is 0 Å². The molecule has 0 aromatic carbocycles. The lowest BCUT2D eigenvalue weighted by molar-refractivity contribution is 0.549. The molecule has 1 heterocycles. The van der Waals surface area contributed by atoms with Crippen LogP contribution in [0.25, 0.3) is 0 Å². The van der Waals surface area contributed by atoms with Gasteiger partial charge in [0.2, 0.25) is 0 Å². The molecular formula is C10H13N2O. The summed E-state index contributed by atoms with van der Waals surface area (Å²) in [6, 6.07) is 5.49. The number of unbranched alkanes of at least 4 members (excludes halogenated alkanes) is 1. The van der Waals surface area contributed by atoms with Gasteiger partial charge in [-0.05, 0) is 18.6 Å². The van der Waals surface area contributed by atoms with Crippen LogP contribution in [0.15, 0.2) is 24.4 Å². The molecule has 3 heteroatoms. The molecular weight excluding hydrogens is 164 g/mol. The second-order valence-electron chi connectivity index (χ2n) is 2.78. The first-order chi connectivity index (χ1) is 6.38. The molecule has 0 bridgehead atoms. The van der Waals surface area contributed by atoms with Crippen LogP contribution >= 0.6 is 0 Å². The van der Waals surface area contributed by atoms with Crippen LogP contribution in [0.5, 0.6) is 0 Å². The van der Waals surface area contributed by atoms with Crippen molar-refractivity contribution in [1.29, 1.82) is 0 Å². The molecule has 0 atom stereocenters. The minimum atomic E-state index is 0.672. The van der Waals surface area contributed by atoms with E-state index in [1.807, 2.05) is 18.5 Å². The predicted octanol–water partition coefficient (Wildman–Crippen LogP) is 1.76. The fraction of sp³-hybridized carbons (Fsp3) is 0.400. The van der Waals surface area contributed by atoms with Crippen molar-refractivity contribution in [3.05, 3.63) is 24.4 Å². The largest absolute Gasteiger partial charge is 0.318 e. The van der Waals surface area contributed by atoms with Gasteiger partial charge in [0, 0.05) is 12.7 Å². The Morgan fingerprint density at radius 2 is 2.38 bits per heavy atom. The van der Waals surface area contributed by atoms with Crippen molar-refractivity contribution in [1.82, 2.24) is 4.98 Å². The van der Waals surface area contributed by atoms with E-state index in [-0.39, 0.29) is 0 Å². The summed E-state index contributed by atoms with van der Waals surface area (Å²) in [6.07, 6.45) is 5.58. The quantitative estimate of drug-likeness (QED) is 0.642. The van der Waals surface area contributed by atoms with E-state index in [0.29, 0.717) is 12.4 Å². The summed E-state index contributed by atoms with van der Waals surface area (Å²) in [6.45, 7) is 2.78. The summed E-state index contributed by atoms with van der Waals surface area (Å²) in [5.41, 5.74) is 0. The first-order valence-corrected chi connectivity index (χ1v) is 4.45. The van der Waals surface area contributed by atoms with Crippen LogP contribution in [0, 0.1) is 0 Å². The number of carbonyl (C=O) groups excluding carboxylic acids is 1. The Hall–Kier alpha value is -1.38. The summed E-state index contributed by atoms with van der Waals surface area (Å²) >= 11 is 0. The summed E-state index contributed by atoms with van der Waals surface area (Å²) in [7, 11) is 0. The van der Waals surface area contributed by atoms with Crippen molar-refractivity contribution < 1.29 is 4.79 Å². The van der Waals surface area contributed by atoms with E-state index in [9.17, 15) is 4.79 Å². The van der Waals surface area contributed by atoms with E-state index in [1.54, 1.807) is 12.3 Å². The van der Waals surface area contributed by atoms with Gasteiger partial charge in [-0.15, -0.1) is 0 Å². The maximum Gasteiger partial charge on any atom is 0.318 e. The number of rotatable bonds is 5. The maximum atomic E-state index is 10.6. The molecule has 0 fully saturated rings. The zero-order valence-corrected chi connectivity index (χ0v) is 7.73. The Labute approximate surface area is 78.4 Å². The zero-order valence-electron chi connectivity index (χ0n) is 7.73. The molecule has 0 aliphatic carbocycles. The van der Waals surface area contributed by atoms with Crippen LogP contribution in [0.1, 0.15) is 19.8 Å². The smallest absolute Gasteiger partial charge is 0.288 e. The second-order valence-corrected chi connectivity index (χ2v) is 2.78. The number of amides is 1. The molecule has 0 unspecified atom stereocenters. The van der Waals surface area contributed by atoms with Gasteiger partial charge in [-0.25, -0.2) is 4.98 Å². The van der Waals surface area contributed by atoms with Crippen LogP contribution in [0.2, 0.25) is 0 Å². The molecule has 0 N–H and O–H groups in total. The summed E-state index contributed by atoms with van der Waals surface area (Å²) in [4.78, 5) is 16.1. The average Bonchev–Trinajstić information content (AvgIpc) is 2.21. The van der Waals surface area contributed by atoms with Gasteiger partial charge >= 0.3 is 6.41 Å². The van der Waals surface area contributed by atoms with Gasteiger partial charge in [0.15, 0.2) is 0 Å². The predicted molar refractivity (Wildman–Crippen MR) is 52.2 cm³/mol. The Morgan fingerprint density at radius 3 is 2.92 bits per heavy atom. The molecule has 0 aliphatic heterocycles. The van der Waals surface area contributed by atoms with Gasteiger partial charge in [0.1, 0.15) is 5.82 Å². The zero-order chi connectivity index (χ0) is 9.52. The van der Waals surface area contributed by atoms with Crippen LogP contribution < -0.4 is 4.90 Å². The topological polar surface area (TPSA) is 33.2 Å². The average molecular weight is 177 g/mol. The number of hydrogen-bond acceptors (Lipinski definition) is 2. The normalized spacial score (nSPS) is 9.62. The van der Waals surface area contributed by atoms with Gasteiger partial charge in [-0.3, -0.25) is 9.69 Å². The molecule has 1 rings (SSSR count). The van der Waals surface area contributed by atoms with Crippen molar-refractivity contribution in [2.45, 2.75) is 19.8 Å². The third-order valence-electron chi connectivity index (χ3n) is 1.77. The summed E-state index contributed by atoms with van der Waals surface area (Å²) in [5, 5.41) is 0. The lowest BCUT2D eigenvalue weighted by Gasteiger charge is -2.13. The molecule has 0 aliphatic rings. The Kier molecular flexibility index (Phi) is 3.96. The number of hydrogen-bond donors (Lipinski definition) is 0. The number of pyridine rings is 1. The van der Waals surface area contributed by atoms with Crippen LogP contribution in [0.4, 0.5) is 5.82 Å². The van der Waals surface area contributed by atoms with Gasteiger partial charge in [0.05, 0.1) is 0 Å². The minimum absolute atomic E-state index is 0.672. The second kappa shape index (κ2) is 5.30. The molecule has 13 heavy (non-hydrogen) atoms. The van der Waals surface area contributed by atoms with Crippen LogP contribution in [-0.4, -0.2) is 17.9 Å². The molecule has 1 aromatic rings. The Morgan fingerprint density at radius 1 is 1.54 bits per heavy atom. The first-order valence-electron chi connectivity index (χ1n) is 4.45. The van der Waals surface area contributed by atoms with Crippen molar-refractivity contribution >= 4 is 12.2 Å². The van der Waals surface area contributed by atoms with Gasteiger partial charge < -0.3 is 0 Å². The molecule has 0 spiro atoms. The highest BCUT2D eigenvalue weighted by molar-refractivity contribution is 5.73. The lowest BCUT2D eigenvalue weighted by atomic mass is 10.3. The van der Waals surface area contributed by atoms with Crippen LogP contribution in [0.3, 0.4) is 0 Å². The van der Waals surface area contributed by atoms with Crippen molar-refractivity contribution in [3.63, 3.8) is 0 Å². The van der Waals surface area contributed by atoms with E-state index in [0.717, 1.165) is 12.8 Å².